The average molecular weight is 476 g/mol. The summed E-state index contributed by atoms with van der Waals surface area (Å²) in [5, 5.41) is 19.9. The molecule has 1 atom stereocenters. The molecule has 3 aromatic rings. The zero-order valence-electron chi connectivity index (χ0n) is 19.8. The van der Waals surface area contributed by atoms with Crippen molar-refractivity contribution >= 4 is 11.1 Å². The van der Waals surface area contributed by atoms with Gasteiger partial charge in [0.05, 0.1) is 6.67 Å². The lowest BCUT2D eigenvalue weighted by molar-refractivity contribution is 0.0668. The standard InChI is InChI=1S/C29H30FNO4/c1-2-25-26-12-9-23(33)15-27(26)35-29(28(25)20-3-7-22(32)8-4-20)21-5-10-24(11-6-21)34-14-13-31-17-19(16-30)18-31/h3-12,15,19,29,32-33H,2,13-14,16-18H2,1H3/t29-/m0/s1. The highest BCUT2D eigenvalue weighted by molar-refractivity contribution is 5.96. The lowest BCUT2D eigenvalue weighted by atomic mass is 9.84. The molecule has 0 amide bonds. The first-order valence-corrected chi connectivity index (χ1v) is 12.1. The van der Waals surface area contributed by atoms with Crippen molar-refractivity contribution in [3.8, 4) is 23.0 Å². The van der Waals surface area contributed by atoms with Crippen LogP contribution in [0.2, 0.25) is 0 Å². The minimum atomic E-state index is -0.378. The summed E-state index contributed by atoms with van der Waals surface area (Å²) in [7, 11) is 0. The number of benzene rings is 3. The number of halogens is 1. The molecule has 2 aliphatic rings. The summed E-state index contributed by atoms with van der Waals surface area (Å²) in [4.78, 5) is 2.20. The molecule has 182 valence electrons. The molecular formula is C29H30FNO4. The molecular weight excluding hydrogens is 445 g/mol. The van der Waals surface area contributed by atoms with E-state index in [1.165, 1.54) is 0 Å². The third-order valence-corrected chi connectivity index (χ3v) is 6.76. The first-order valence-electron chi connectivity index (χ1n) is 12.1. The molecule has 35 heavy (non-hydrogen) atoms. The lowest BCUT2D eigenvalue weighted by Crippen LogP contribution is -2.49. The molecule has 0 bridgehead atoms. The number of fused-ring (bicyclic) bond motifs is 1. The van der Waals surface area contributed by atoms with Crippen LogP contribution in [0.1, 0.15) is 36.1 Å². The van der Waals surface area contributed by atoms with E-state index in [0.717, 1.165) is 59.6 Å². The maximum absolute atomic E-state index is 12.6. The minimum absolute atomic E-state index is 0.162. The summed E-state index contributed by atoms with van der Waals surface area (Å²) in [5.41, 5.74) is 5.09. The number of aromatic hydroxyl groups is 2. The van der Waals surface area contributed by atoms with Gasteiger partial charge in [-0.05, 0) is 59.5 Å². The van der Waals surface area contributed by atoms with Crippen molar-refractivity contribution in [2.45, 2.75) is 19.4 Å². The van der Waals surface area contributed by atoms with Gasteiger partial charge < -0.3 is 19.7 Å². The van der Waals surface area contributed by atoms with Gasteiger partial charge in [0.25, 0.3) is 0 Å². The normalized spacial score (nSPS) is 18.1. The Morgan fingerprint density at radius 2 is 1.69 bits per heavy atom. The monoisotopic (exact) mass is 475 g/mol. The Morgan fingerprint density at radius 3 is 2.37 bits per heavy atom. The molecule has 1 fully saturated rings. The number of ether oxygens (including phenoxy) is 2. The van der Waals surface area contributed by atoms with Crippen LogP contribution in [0.15, 0.2) is 66.7 Å². The van der Waals surface area contributed by atoms with Crippen molar-refractivity contribution in [3.05, 3.63) is 83.4 Å². The Hall–Kier alpha value is -3.51. The molecule has 0 aliphatic carbocycles. The van der Waals surface area contributed by atoms with E-state index in [-0.39, 0.29) is 30.2 Å². The summed E-state index contributed by atoms with van der Waals surface area (Å²) in [6, 6.07) is 20.3. The quantitative estimate of drug-likeness (QED) is 0.429. The molecule has 1 saturated heterocycles. The van der Waals surface area contributed by atoms with Gasteiger partial charge in [-0.15, -0.1) is 0 Å². The van der Waals surface area contributed by atoms with Crippen LogP contribution in [-0.4, -0.2) is 48.0 Å². The Morgan fingerprint density at radius 1 is 0.971 bits per heavy atom. The molecule has 0 aromatic heterocycles. The summed E-state index contributed by atoms with van der Waals surface area (Å²) < 4.78 is 25.0. The summed E-state index contributed by atoms with van der Waals surface area (Å²) >= 11 is 0. The van der Waals surface area contributed by atoms with Crippen molar-refractivity contribution in [3.63, 3.8) is 0 Å². The van der Waals surface area contributed by atoms with Gasteiger partial charge in [0.15, 0.2) is 0 Å². The second-order valence-corrected chi connectivity index (χ2v) is 9.17. The SMILES string of the molecule is CCC1=C(c2ccc(O)cc2)[C@H](c2ccc(OCCN3CC(CF)C3)cc2)Oc2cc(O)ccc21. The number of phenols is 2. The fraction of sp³-hybridized carbons (Fsp3) is 0.310. The fourth-order valence-electron chi connectivity index (χ4n) is 4.92. The summed E-state index contributed by atoms with van der Waals surface area (Å²) in [6.07, 6.45) is 0.408. The third kappa shape index (κ3) is 4.84. The Kier molecular flexibility index (Phi) is 6.64. The van der Waals surface area contributed by atoms with Crippen LogP contribution in [0.4, 0.5) is 4.39 Å². The number of hydrogen-bond donors (Lipinski definition) is 2. The highest BCUT2D eigenvalue weighted by Gasteiger charge is 2.31. The number of rotatable bonds is 8. The van der Waals surface area contributed by atoms with Crippen LogP contribution in [0, 0.1) is 5.92 Å². The summed E-state index contributed by atoms with van der Waals surface area (Å²) in [5.74, 6) is 1.98. The number of allylic oxidation sites excluding steroid dienone is 1. The molecule has 0 radical (unpaired) electrons. The predicted molar refractivity (Wildman–Crippen MR) is 135 cm³/mol. The van der Waals surface area contributed by atoms with Gasteiger partial charge in [0, 0.05) is 42.8 Å². The molecule has 0 unspecified atom stereocenters. The highest BCUT2D eigenvalue weighted by Crippen LogP contribution is 2.48. The number of nitrogens with zero attached hydrogens (tertiary/aromatic N) is 1. The van der Waals surface area contributed by atoms with Gasteiger partial charge in [-0.3, -0.25) is 9.29 Å². The summed E-state index contributed by atoms with van der Waals surface area (Å²) in [6.45, 7) is 4.83. The second-order valence-electron chi connectivity index (χ2n) is 9.17. The first-order chi connectivity index (χ1) is 17.1. The van der Waals surface area contributed by atoms with E-state index in [4.69, 9.17) is 9.47 Å². The highest BCUT2D eigenvalue weighted by atomic mass is 19.1. The van der Waals surface area contributed by atoms with Crippen LogP contribution in [-0.2, 0) is 0 Å². The molecule has 5 nitrogen and oxygen atoms in total. The van der Waals surface area contributed by atoms with Crippen LogP contribution < -0.4 is 9.47 Å². The maximum atomic E-state index is 12.6. The van der Waals surface area contributed by atoms with Crippen molar-refractivity contribution < 1.29 is 24.1 Å². The Balaban J connectivity index is 1.40. The number of alkyl halides is 1. The van der Waals surface area contributed by atoms with Crippen LogP contribution in [0.25, 0.3) is 11.1 Å². The molecule has 0 spiro atoms. The van der Waals surface area contributed by atoms with Crippen LogP contribution >= 0.6 is 0 Å². The molecule has 0 saturated carbocycles. The van der Waals surface area contributed by atoms with E-state index in [1.54, 1.807) is 24.3 Å². The molecule has 2 aliphatic heterocycles. The zero-order chi connectivity index (χ0) is 24.4. The van der Waals surface area contributed by atoms with Gasteiger partial charge in [0.2, 0.25) is 0 Å². The Bertz CT molecular complexity index is 1200. The first kappa shape index (κ1) is 23.2. The predicted octanol–water partition coefficient (Wildman–Crippen LogP) is 5.83. The molecule has 2 heterocycles. The van der Waals surface area contributed by atoms with E-state index < -0.39 is 0 Å². The number of phenolic OH excluding ortho intramolecular Hbond substituents is 2. The van der Waals surface area contributed by atoms with Gasteiger partial charge in [-0.1, -0.05) is 31.2 Å². The van der Waals surface area contributed by atoms with Gasteiger partial charge >= 0.3 is 0 Å². The van der Waals surface area contributed by atoms with Crippen LogP contribution in [0.5, 0.6) is 23.0 Å². The molecule has 2 N–H and O–H groups in total. The second kappa shape index (κ2) is 10.0. The van der Waals surface area contributed by atoms with E-state index in [1.807, 2.05) is 42.5 Å². The van der Waals surface area contributed by atoms with E-state index in [9.17, 15) is 14.6 Å². The fourth-order valence-corrected chi connectivity index (χ4v) is 4.92. The largest absolute Gasteiger partial charge is 0.508 e. The van der Waals surface area contributed by atoms with Gasteiger partial charge in [-0.25, -0.2) is 0 Å². The molecule has 6 heteroatoms. The number of hydrogen-bond acceptors (Lipinski definition) is 5. The topological polar surface area (TPSA) is 62.2 Å². The lowest BCUT2D eigenvalue weighted by Gasteiger charge is -2.37. The minimum Gasteiger partial charge on any atom is -0.508 e. The van der Waals surface area contributed by atoms with Crippen LogP contribution in [0.3, 0.4) is 0 Å². The van der Waals surface area contributed by atoms with Crippen molar-refractivity contribution in [2.75, 3.05) is 32.9 Å². The van der Waals surface area contributed by atoms with E-state index in [0.29, 0.717) is 12.4 Å². The van der Waals surface area contributed by atoms with Crippen molar-refractivity contribution in [1.29, 1.82) is 0 Å². The van der Waals surface area contributed by atoms with Crippen molar-refractivity contribution in [1.82, 2.24) is 4.90 Å². The molecule has 3 aromatic carbocycles. The van der Waals surface area contributed by atoms with Gasteiger partial charge in [-0.2, -0.15) is 0 Å². The van der Waals surface area contributed by atoms with Gasteiger partial charge in [0.1, 0.15) is 35.7 Å². The number of likely N-dealkylation sites (tertiary alicyclic amines) is 1. The van der Waals surface area contributed by atoms with E-state index >= 15 is 0 Å². The van der Waals surface area contributed by atoms with Crippen molar-refractivity contribution in [2.24, 2.45) is 5.92 Å². The van der Waals surface area contributed by atoms with E-state index in [2.05, 4.69) is 11.8 Å². The Labute approximate surface area is 205 Å². The molecule has 5 rings (SSSR count). The average Bonchev–Trinajstić information content (AvgIpc) is 2.85. The zero-order valence-corrected chi connectivity index (χ0v) is 19.8. The third-order valence-electron chi connectivity index (χ3n) is 6.76. The smallest absolute Gasteiger partial charge is 0.150 e. The maximum Gasteiger partial charge on any atom is 0.150 e.